The molecule has 102 heavy (non-hydrogen) atoms. The lowest BCUT2D eigenvalue weighted by molar-refractivity contribution is -0.161. The van der Waals surface area contributed by atoms with E-state index in [1.54, 1.807) is 0 Å². The molecular formula is C83H162O17P2. The lowest BCUT2D eigenvalue weighted by Gasteiger charge is -2.21. The second-order valence-corrected chi connectivity index (χ2v) is 33.0. The Kier molecular flexibility index (Phi) is 74.4. The zero-order valence-electron chi connectivity index (χ0n) is 66.8. The molecule has 17 nitrogen and oxygen atoms in total. The fourth-order valence-electron chi connectivity index (χ4n) is 12.9. The van der Waals surface area contributed by atoms with Crippen molar-refractivity contribution in [2.75, 3.05) is 39.6 Å². The summed E-state index contributed by atoms with van der Waals surface area (Å²) in [5.41, 5.74) is 0. The summed E-state index contributed by atoms with van der Waals surface area (Å²) in [6.45, 7) is 7.37. The maximum atomic E-state index is 13.1. The van der Waals surface area contributed by atoms with Crippen LogP contribution >= 0.6 is 15.6 Å². The highest BCUT2D eigenvalue weighted by atomic mass is 31.2. The van der Waals surface area contributed by atoms with Gasteiger partial charge in [0.25, 0.3) is 0 Å². The molecule has 0 aliphatic carbocycles. The summed E-state index contributed by atoms with van der Waals surface area (Å²) in [5, 5.41) is 10.7. The van der Waals surface area contributed by atoms with Crippen molar-refractivity contribution in [3.8, 4) is 0 Å². The molecular weight excluding hydrogens is 1330 g/mol. The maximum absolute atomic E-state index is 13.1. The van der Waals surface area contributed by atoms with E-state index in [2.05, 4.69) is 34.6 Å². The van der Waals surface area contributed by atoms with Gasteiger partial charge in [-0.15, -0.1) is 0 Å². The summed E-state index contributed by atoms with van der Waals surface area (Å²) in [6, 6.07) is 0. The number of aliphatic hydroxyl groups excluding tert-OH is 1. The van der Waals surface area contributed by atoms with Gasteiger partial charge in [0.05, 0.1) is 26.4 Å². The number of phosphoric ester groups is 2. The van der Waals surface area contributed by atoms with E-state index in [-0.39, 0.29) is 25.7 Å². The fraction of sp³-hybridized carbons (Fsp3) is 0.952. The molecule has 0 rings (SSSR count). The van der Waals surface area contributed by atoms with Crippen LogP contribution in [0.3, 0.4) is 0 Å². The summed E-state index contributed by atoms with van der Waals surface area (Å²) in [6.07, 6.45) is 67.9. The van der Waals surface area contributed by atoms with Crippen LogP contribution in [0.5, 0.6) is 0 Å². The maximum Gasteiger partial charge on any atom is 0.472 e. The first-order valence-corrected chi connectivity index (χ1v) is 46.2. The molecule has 0 aromatic carbocycles. The topological polar surface area (TPSA) is 237 Å². The molecule has 0 fully saturated rings. The number of hydrogen-bond acceptors (Lipinski definition) is 15. The second-order valence-electron chi connectivity index (χ2n) is 30.1. The van der Waals surface area contributed by atoms with Gasteiger partial charge in [-0.2, -0.15) is 0 Å². The molecule has 0 saturated carbocycles. The third kappa shape index (κ3) is 74.9. The fourth-order valence-corrected chi connectivity index (χ4v) is 14.5. The van der Waals surface area contributed by atoms with Gasteiger partial charge in [-0.05, 0) is 31.6 Å². The van der Waals surface area contributed by atoms with Gasteiger partial charge >= 0.3 is 39.5 Å². The Balaban J connectivity index is 5.22. The van der Waals surface area contributed by atoms with Crippen molar-refractivity contribution in [1.82, 2.24) is 0 Å². The minimum atomic E-state index is -4.96. The van der Waals surface area contributed by atoms with Crippen LogP contribution < -0.4 is 0 Å². The van der Waals surface area contributed by atoms with Crippen LogP contribution in [0.25, 0.3) is 0 Å². The van der Waals surface area contributed by atoms with Crippen molar-refractivity contribution >= 4 is 39.5 Å². The lowest BCUT2D eigenvalue weighted by Crippen LogP contribution is -2.30. The Hall–Kier alpha value is -1.94. The number of carbonyl (C=O) groups excluding carboxylic acids is 4. The minimum absolute atomic E-state index is 0.109. The largest absolute Gasteiger partial charge is 0.472 e. The van der Waals surface area contributed by atoms with E-state index in [1.807, 2.05) is 0 Å². The zero-order chi connectivity index (χ0) is 74.8. The molecule has 0 aromatic heterocycles. The predicted octanol–water partition coefficient (Wildman–Crippen LogP) is 25.2. The highest BCUT2D eigenvalue weighted by Crippen LogP contribution is 2.45. The van der Waals surface area contributed by atoms with E-state index >= 15 is 0 Å². The molecule has 0 spiro atoms. The van der Waals surface area contributed by atoms with Crippen LogP contribution in [0, 0.1) is 5.92 Å². The van der Waals surface area contributed by atoms with E-state index in [9.17, 15) is 43.2 Å². The third-order valence-electron chi connectivity index (χ3n) is 19.9. The molecule has 19 heteroatoms. The minimum Gasteiger partial charge on any atom is -0.462 e. The quantitative estimate of drug-likeness (QED) is 0.0222. The molecule has 0 saturated heterocycles. The van der Waals surface area contributed by atoms with Crippen molar-refractivity contribution in [3.63, 3.8) is 0 Å². The molecule has 606 valence electrons. The number of unbranched alkanes of at least 4 members (excludes halogenated alkanes) is 54. The molecule has 0 aromatic rings. The molecule has 0 amide bonds. The van der Waals surface area contributed by atoms with E-state index in [0.717, 1.165) is 95.8 Å². The first-order chi connectivity index (χ1) is 49.6. The lowest BCUT2D eigenvalue weighted by atomic mass is 9.99. The Labute approximate surface area is 626 Å². The number of hydrogen-bond donors (Lipinski definition) is 3. The zero-order valence-corrected chi connectivity index (χ0v) is 68.5. The van der Waals surface area contributed by atoms with Crippen LogP contribution in [0.4, 0.5) is 0 Å². The number of esters is 4. The number of phosphoric acid groups is 2. The van der Waals surface area contributed by atoms with Crippen molar-refractivity contribution < 1.29 is 80.2 Å². The van der Waals surface area contributed by atoms with Crippen LogP contribution in [0.1, 0.15) is 446 Å². The van der Waals surface area contributed by atoms with Gasteiger partial charge < -0.3 is 33.8 Å². The van der Waals surface area contributed by atoms with Crippen LogP contribution in [-0.2, 0) is 65.4 Å². The monoisotopic (exact) mass is 1490 g/mol. The van der Waals surface area contributed by atoms with Crippen molar-refractivity contribution in [2.24, 2.45) is 5.92 Å². The Morgan fingerprint density at radius 3 is 0.696 bits per heavy atom. The van der Waals surface area contributed by atoms with E-state index < -0.39 is 97.5 Å². The highest BCUT2D eigenvalue weighted by Gasteiger charge is 2.30. The average Bonchev–Trinajstić information content (AvgIpc) is 0.987. The first kappa shape index (κ1) is 100. The Bertz CT molecular complexity index is 1950. The predicted molar refractivity (Wildman–Crippen MR) is 418 cm³/mol. The highest BCUT2D eigenvalue weighted by molar-refractivity contribution is 7.47. The normalized spacial score (nSPS) is 14.1. The smallest absolute Gasteiger partial charge is 0.462 e. The number of rotatable bonds is 83. The standard InChI is InChI=1S/C83H162O17P2/c1-6-10-13-16-19-22-25-28-30-31-32-33-34-35-36-37-39-42-49-54-59-64-69-83(88)100-79(73-94-81(86)67-62-57-52-47-44-43-45-50-55-60-65-76(5)9-4)75-98-102(91,92)96-71-77(84)70-95-101(89,90)97-74-78(72-93-80(85)66-61-56-51-46-40-27-24-21-18-15-12-8-3)99-82(87)68-63-58-53-48-41-38-29-26-23-20-17-14-11-7-2/h76-79,84H,6-75H2,1-5H3,(H,89,90)(H,91,92)/t76?,77-,78+,79+/m0/s1. The van der Waals surface area contributed by atoms with Crippen molar-refractivity contribution in [3.05, 3.63) is 0 Å². The van der Waals surface area contributed by atoms with Crippen LogP contribution in [0.15, 0.2) is 0 Å². The second kappa shape index (κ2) is 75.9. The molecule has 6 atom stereocenters. The summed E-state index contributed by atoms with van der Waals surface area (Å²) in [5.74, 6) is -1.29. The van der Waals surface area contributed by atoms with E-state index in [4.69, 9.17) is 37.0 Å². The molecule has 0 bridgehead atoms. The van der Waals surface area contributed by atoms with E-state index in [0.29, 0.717) is 25.7 Å². The molecule has 3 unspecified atom stereocenters. The number of aliphatic hydroxyl groups is 1. The Morgan fingerprint density at radius 1 is 0.275 bits per heavy atom. The summed E-state index contributed by atoms with van der Waals surface area (Å²) < 4.78 is 68.8. The van der Waals surface area contributed by atoms with Gasteiger partial charge in [0.1, 0.15) is 19.3 Å². The van der Waals surface area contributed by atoms with Gasteiger partial charge in [-0.1, -0.05) is 394 Å². The molecule has 0 heterocycles. The average molecular weight is 1490 g/mol. The molecule has 3 N–H and O–H groups in total. The van der Waals surface area contributed by atoms with Gasteiger partial charge in [0, 0.05) is 25.7 Å². The van der Waals surface area contributed by atoms with Crippen molar-refractivity contribution in [1.29, 1.82) is 0 Å². The molecule has 0 radical (unpaired) electrons. The number of carbonyl (C=O) groups is 4. The van der Waals surface area contributed by atoms with Crippen LogP contribution in [0.2, 0.25) is 0 Å². The van der Waals surface area contributed by atoms with Gasteiger partial charge in [-0.3, -0.25) is 37.3 Å². The van der Waals surface area contributed by atoms with Crippen LogP contribution in [-0.4, -0.2) is 96.7 Å². The van der Waals surface area contributed by atoms with Gasteiger partial charge in [0.2, 0.25) is 0 Å². The molecule has 0 aliphatic rings. The number of ether oxygens (including phenoxy) is 4. The van der Waals surface area contributed by atoms with Gasteiger partial charge in [-0.25, -0.2) is 9.13 Å². The van der Waals surface area contributed by atoms with Crippen molar-refractivity contribution in [2.45, 2.75) is 464 Å². The summed E-state index contributed by atoms with van der Waals surface area (Å²) in [7, 11) is -9.92. The summed E-state index contributed by atoms with van der Waals surface area (Å²) in [4.78, 5) is 73.1. The Morgan fingerprint density at radius 2 is 0.471 bits per heavy atom. The van der Waals surface area contributed by atoms with Gasteiger partial charge in [0.15, 0.2) is 12.2 Å². The SMILES string of the molecule is CCCCCCCCCCCCCCCCCCCCCCCCC(=O)O[C@H](COC(=O)CCCCCCCCCCCCC(C)CC)COP(=O)(O)OC[C@@H](O)COP(=O)(O)OC[C@@H](COC(=O)CCCCCCCCCCCCCC)OC(=O)CCCCCCCCCCCCCCCC. The summed E-state index contributed by atoms with van der Waals surface area (Å²) >= 11 is 0. The van der Waals surface area contributed by atoms with E-state index in [1.165, 1.54) is 270 Å². The molecule has 0 aliphatic heterocycles. The third-order valence-corrected chi connectivity index (χ3v) is 21.8. The first-order valence-electron chi connectivity index (χ1n) is 43.2.